The fourth-order valence-corrected chi connectivity index (χ4v) is 3.63. The molecule has 8 heteroatoms. The first kappa shape index (κ1) is 21.4. The van der Waals surface area contributed by atoms with Crippen LogP contribution in [0.15, 0.2) is 53.4 Å². The lowest BCUT2D eigenvalue weighted by molar-refractivity contribution is -0.145. The van der Waals surface area contributed by atoms with Crippen LogP contribution in [0.5, 0.6) is 11.5 Å². The Kier molecular flexibility index (Phi) is 7.13. The molecule has 0 radical (unpaired) electrons. The Bertz CT molecular complexity index is 973. The van der Waals surface area contributed by atoms with Gasteiger partial charge in [-0.1, -0.05) is 42.5 Å². The average Bonchev–Trinajstić information content (AvgIpc) is 3.01. The number of ether oxygens (including phenoxy) is 3. The molecule has 1 aliphatic rings. The smallest absolute Gasteiger partial charge is 0.326 e. The SMILES string of the molecule is CCOC(=O)CN1C(=O)S/C(=C\c2cccc(OC)c2OCc2ccccc2)C1=O. The van der Waals surface area contributed by atoms with Crippen molar-refractivity contribution in [3.63, 3.8) is 0 Å². The molecule has 1 heterocycles. The molecular weight excluding hydrogens is 406 g/mol. The molecule has 1 fully saturated rings. The van der Waals surface area contributed by atoms with Crippen LogP contribution in [0, 0.1) is 0 Å². The summed E-state index contributed by atoms with van der Waals surface area (Å²) in [7, 11) is 1.53. The van der Waals surface area contributed by atoms with Gasteiger partial charge in [0.05, 0.1) is 18.6 Å². The van der Waals surface area contributed by atoms with Gasteiger partial charge in [-0.05, 0) is 36.4 Å². The van der Waals surface area contributed by atoms with E-state index in [4.69, 9.17) is 14.2 Å². The molecule has 1 saturated heterocycles. The Morgan fingerprint density at radius 3 is 2.57 bits per heavy atom. The highest BCUT2D eigenvalue weighted by Gasteiger charge is 2.36. The molecule has 0 aromatic heterocycles. The number of amides is 2. The maximum absolute atomic E-state index is 12.6. The summed E-state index contributed by atoms with van der Waals surface area (Å²) in [5.74, 6) is -0.212. The molecule has 0 aliphatic carbocycles. The second-order valence-corrected chi connectivity index (χ2v) is 7.22. The van der Waals surface area contributed by atoms with Gasteiger partial charge in [0, 0.05) is 5.56 Å². The maximum Gasteiger partial charge on any atom is 0.326 e. The number of benzene rings is 2. The highest BCUT2D eigenvalue weighted by molar-refractivity contribution is 8.18. The summed E-state index contributed by atoms with van der Waals surface area (Å²) in [5, 5.41) is -0.519. The standard InChI is InChI=1S/C22H21NO6S/c1-3-28-19(24)13-23-21(25)18(30-22(23)26)12-16-10-7-11-17(27-2)20(16)29-14-15-8-5-4-6-9-15/h4-12H,3,13-14H2,1-2H3/b18-12-. The first-order valence-electron chi connectivity index (χ1n) is 9.28. The molecule has 30 heavy (non-hydrogen) atoms. The Balaban J connectivity index is 1.84. The number of esters is 1. The molecule has 1 aliphatic heterocycles. The van der Waals surface area contributed by atoms with Crippen molar-refractivity contribution in [2.24, 2.45) is 0 Å². The summed E-state index contributed by atoms with van der Waals surface area (Å²) in [4.78, 5) is 37.6. The van der Waals surface area contributed by atoms with E-state index in [-0.39, 0.29) is 11.5 Å². The van der Waals surface area contributed by atoms with Gasteiger partial charge in [0.2, 0.25) is 0 Å². The quantitative estimate of drug-likeness (QED) is 0.467. The lowest BCUT2D eigenvalue weighted by atomic mass is 10.1. The van der Waals surface area contributed by atoms with E-state index < -0.39 is 23.7 Å². The van der Waals surface area contributed by atoms with E-state index in [1.165, 1.54) is 7.11 Å². The fourth-order valence-electron chi connectivity index (χ4n) is 2.80. The van der Waals surface area contributed by atoms with Gasteiger partial charge in [-0.25, -0.2) is 0 Å². The molecule has 0 saturated carbocycles. The number of para-hydroxylation sites is 1. The number of imide groups is 1. The minimum atomic E-state index is -0.630. The van der Waals surface area contributed by atoms with Crippen molar-refractivity contribution < 1.29 is 28.6 Å². The van der Waals surface area contributed by atoms with Crippen LogP contribution in [0.4, 0.5) is 4.79 Å². The summed E-state index contributed by atoms with van der Waals surface area (Å²) in [6.45, 7) is 1.74. The van der Waals surface area contributed by atoms with Crippen molar-refractivity contribution in [2.45, 2.75) is 13.5 Å². The molecule has 2 amide bonds. The Morgan fingerprint density at radius 1 is 1.10 bits per heavy atom. The van der Waals surface area contributed by atoms with Gasteiger partial charge in [0.25, 0.3) is 11.1 Å². The number of carbonyl (C=O) groups excluding carboxylic acids is 3. The lowest BCUT2D eigenvalue weighted by Gasteiger charge is -2.14. The van der Waals surface area contributed by atoms with E-state index in [0.29, 0.717) is 23.7 Å². The molecule has 2 aromatic carbocycles. The summed E-state index contributed by atoms with van der Waals surface area (Å²) in [6, 6.07) is 14.9. The van der Waals surface area contributed by atoms with Crippen molar-refractivity contribution in [2.75, 3.05) is 20.3 Å². The predicted octanol–water partition coefficient (Wildman–Crippen LogP) is 3.87. The normalized spacial score (nSPS) is 14.9. The van der Waals surface area contributed by atoms with E-state index in [1.807, 2.05) is 30.3 Å². The zero-order chi connectivity index (χ0) is 21.5. The van der Waals surface area contributed by atoms with Crippen molar-refractivity contribution in [1.82, 2.24) is 4.90 Å². The second kappa shape index (κ2) is 9.98. The van der Waals surface area contributed by atoms with Gasteiger partial charge in [0.15, 0.2) is 11.5 Å². The van der Waals surface area contributed by atoms with E-state index in [1.54, 1.807) is 31.2 Å². The van der Waals surface area contributed by atoms with Gasteiger partial charge in [-0.3, -0.25) is 19.3 Å². The summed E-state index contributed by atoms with van der Waals surface area (Å²) < 4.78 is 16.2. The molecule has 3 rings (SSSR count). The molecule has 0 unspecified atom stereocenters. The van der Waals surface area contributed by atoms with Crippen LogP contribution < -0.4 is 9.47 Å². The number of hydrogen-bond donors (Lipinski definition) is 0. The van der Waals surface area contributed by atoms with Crippen LogP contribution in [0.3, 0.4) is 0 Å². The summed E-state index contributed by atoms with van der Waals surface area (Å²) in [5.41, 5.74) is 1.57. The molecule has 0 bridgehead atoms. The van der Waals surface area contributed by atoms with E-state index >= 15 is 0 Å². The second-order valence-electron chi connectivity index (χ2n) is 6.23. The minimum Gasteiger partial charge on any atom is -0.493 e. The molecular formula is C22H21NO6S. The average molecular weight is 427 g/mol. The first-order valence-corrected chi connectivity index (χ1v) is 10.1. The number of thioether (sulfide) groups is 1. The third kappa shape index (κ3) is 5.01. The monoisotopic (exact) mass is 427 g/mol. The van der Waals surface area contributed by atoms with Gasteiger partial charge in [-0.2, -0.15) is 0 Å². The Hall–Kier alpha value is -3.26. The van der Waals surface area contributed by atoms with Crippen LogP contribution in [-0.4, -0.2) is 42.3 Å². The number of nitrogens with zero attached hydrogens (tertiary/aromatic N) is 1. The summed E-state index contributed by atoms with van der Waals surface area (Å²) >= 11 is 0.768. The third-order valence-electron chi connectivity index (χ3n) is 4.21. The van der Waals surface area contributed by atoms with Crippen LogP contribution in [0.1, 0.15) is 18.1 Å². The van der Waals surface area contributed by atoms with Crippen molar-refractivity contribution in [1.29, 1.82) is 0 Å². The van der Waals surface area contributed by atoms with Gasteiger partial charge < -0.3 is 14.2 Å². The van der Waals surface area contributed by atoms with Crippen LogP contribution >= 0.6 is 11.8 Å². The molecule has 156 valence electrons. The van der Waals surface area contributed by atoms with E-state index in [0.717, 1.165) is 22.2 Å². The number of carbonyl (C=O) groups is 3. The summed E-state index contributed by atoms with van der Waals surface area (Å²) in [6.07, 6.45) is 1.57. The molecule has 7 nitrogen and oxygen atoms in total. The lowest BCUT2D eigenvalue weighted by Crippen LogP contribution is -2.34. The number of hydrogen-bond acceptors (Lipinski definition) is 7. The predicted molar refractivity (Wildman–Crippen MR) is 113 cm³/mol. The number of methoxy groups -OCH3 is 1. The van der Waals surface area contributed by atoms with Gasteiger partial charge >= 0.3 is 5.97 Å². The van der Waals surface area contributed by atoms with Crippen LogP contribution in [0.2, 0.25) is 0 Å². The Morgan fingerprint density at radius 2 is 1.87 bits per heavy atom. The largest absolute Gasteiger partial charge is 0.493 e. The van der Waals surface area contributed by atoms with Crippen LogP contribution in [-0.2, 0) is 20.9 Å². The van der Waals surface area contributed by atoms with Crippen molar-refractivity contribution in [3.05, 3.63) is 64.6 Å². The first-order chi connectivity index (χ1) is 14.5. The molecule has 0 N–H and O–H groups in total. The highest BCUT2D eigenvalue weighted by atomic mass is 32.2. The fraction of sp³-hybridized carbons (Fsp3) is 0.227. The topological polar surface area (TPSA) is 82.1 Å². The molecule has 2 aromatic rings. The van der Waals surface area contributed by atoms with Gasteiger partial charge in [-0.15, -0.1) is 0 Å². The van der Waals surface area contributed by atoms with Gasteiger partial charge in [0.1, 0.15) is 13.2 Å². The third-order valence-corrected chi connectivity index (χ3v) is 5.12. The van der Waals surface area contributed by atoms with Crippen LogP contribution in [0.25, 0.3) is 6.08 Å². The highest BCUT2D eigenvalue weighted by Crippen LogP contribution is 2.37. The minimum absolute atomic E-state index is 0.177. The van der Waals surface area contributed by atoms with Crippen molar-refractivity contribution >= 4 is 35.0 Å². The Labute approximate surface area is 178 Å². The zero-order valence-electron chi connectivity index (χ0n) is 16.6. The molecule has 0 spiro atoms. The molecule has 0 atom stereocenters. The maximum atomic E-state index is 12.6. The zero-order valence-corrected chi connectivity index (χ0v) is 17.4. The van der Waals surface area contributed by atoms with E-state index in [2.05, 4.69) is 0 Å². The number of rotatable bonds is 8. The van der Waals surface area contributed by atoms with E-state index in [9.17, 15) is 14.4 Å². The van der Waals surface area contributed by atoms with Crippen molar-refractivity contribution in [3.8, 4) is 11.5 Å².